The van der Waals surface area contributed by atoms with Gasteiger partial charge < -0.3 is 45.5 Å². The zero-order valence-corrected chi connectivity index (χ0v) is 11.7. The van der Waals surface area contributed by atoms with Crippen molar-refractivity contribution >= 4 is 23.5 Å². The molecule has 0 aromatic carbocycles. The van der Waals surface area contributed by atoms with E-state index in [0.717, 1.165) is 0 Å². The van der Waals surface area contributed by atoms with Crippen LogP contribution in [0, 0.1) is 0 Å². The summed E-state index contributed by atoms with van der Waals surface area (Å²) in [7, 11) is -13.9. The molecule has 0 saturated heterocycles. The van der Waals surface area contributed by atoms with E-state index in [1.54, 1.807) is 0 Å². The molecular weight excluding hydrogens is 348 g/mol. The Hall–Kier alpha value is 1.45. The molecular formula is H10FeLiO12P3. The van der Waals surface area contributed by atoms with Crippen molar-refractivity contribution in [2.24, 2.45) is 0 Å². The van der Waals surface area contributed by atoms with Crippen LogP contribution < -0.4 is 18.9 Å². The fourth-order valence-electron chi connectivity index (χ4n) is 0. The molecule has 0 heterocycles. The molecule has 0 rings (SSSR count). The first-order valence-corrected chi connectivity index (χ1v) is 7.04. The van der Waals surface area contributed by atoms with E-state index in [9.17, 15) is 0 Å². The second kappa shape index (κ2) is 12.5. The van der Waals surface area contributed by atoms with E-state index in [4.69, 9.17) is 57.7 Å². The van der Waals surface area contributed by atoms with Crippen LogP contribution >= 0.6 is 23.5 Å². The maximum Gasteiger partial charge on any atom is 1.00 e. The van der Waals surface area contributed by atoms with Crippen molar-refractivity contribution in [2.75, 3.05) is 0 Å². The monoisotopic (exact) mass is 358 g/mol. The molecule has 0 aliphatic carbocycles. The van der Waals surface area contributed by atoms with Crippen molar-refractivity contribution in [1.29, 1.82) is 0 Å². The van der Waals surface area contributed by atoms with Gasteiger partial charge in [-0.3, -0.25) is 0 Å². The molecule has 0 bridgehead atoms. The van der Waals surface area contributed by atoms with Crippen LogP contribution in [0.2, 0.25) is 0 Å². The number of rotatable bonds is 0. The summed E-state index contributed by atoms with van der Waals surface area (Å²) in [5.41, 5.74) is 0. The van der Waals surface area contributed by atoms with Gasteiger partial charge in [0.1, 0.15) is 0 Å². The van der Waals surface area contributed by atoms with E-state index in [2.05, 4.69) is 0 Å². The maximum absolute atomic E-state index is 8.88. The third-order valence-corrected chi connectivity index (χ3v) is 0. The zero-order chi connectivity index (χ0) is 13.5. The Labute approximate surface area is 119 Å². The van der Waals surface area contributed by atoms with Gasteiger partial charge in [0.25, 0.3) is 0 Å². The van der Waals surface area contributed by atoms with Gasteiger partial charge in [-0.2, -0.15) is 0 Å². The number of hydrogen-bond acceptors (Lipinski definition) is 3. The molecule has 17 heavy (non-hydrogen) atoms. The van der Waals surface area contributed by atoms with Gasteiger partial charge in [-0.15, -0.1) is 0 Å². The molecule has 0 saturated carbocycles. The van der Waals surface area contributed by atoms with E-state index in [1.165, 1.54) is 0 Å². The number of phosphoric acid groups is 3. The largest absolute Gasteiger partial charge is 1.00 e. The van der Waals surface area contributed by atoms with E-state index >= 15 is 0 Å². The van der Waals surface area contributed by atoms with E-state index < -0.39 is 23.5 Å². The second-order valence-electron chi connectivity index (χ2n) is 1.54. The van der Waals surface area contributed by atoms with Crippen molar-refractivity contribution in [1.82, 2.24) is 0 Å². The normalized spacial score (nSPS) is 10.4. The molecule has 0 aromatic heterocycles. The minimum Gasteiger partial charge on any atom is -1.00 e. The summed E-state index contributed by atoms with van der Waals surface area (Å²) in [6, 6.07) is 0. The molecule has 9 N–H and O–H groups in total. The molecule has 0 spiro atoms. The van der Waals surface area contributed by atoms with Gasteiger partial charge in [0.15, 0.2) is 0 Å². The summed E-state index contributed by atoms with van der Waals surface area (Å²) in [6.07, 6.45) is 0. The van der Waals surface area contributed by atoms with Gasteiger partial charge in [-0.1, -0.05) is 0 Å². The van der Waals surface area contributed by atoms with E-state index in [-0.39, 0.29) is 37.4 Å². The topological polar surface area (TPSA) is 233 Å². The quantitative estimate of drug-likeness (QED) is 0.146. The molecule has 12 nitrogen and oxygen atoms in total. The van der Waals surface area contributed by atoms with Crippen molar-refractivity contribution in [3.63, 3.8) is 0 Å². The molecule has 0 aromatic rings. The van der Waals surface area contributed by atoms with Gasteiger partial charge in [0, 0.05) is 17.1 Å². The first-order valence-electron chi connectivity index (χ1n) is 2.35. The molecule has 0 atom stereocenters. The van der Waals surface area contributed by atoms with Crippen LogP contribution in [0.3, 0.4) is 0 Å². The fourth-order valence-corrected chi connectivity index (χ4v) is 0. The summed E-state index contributed by atoms with van der Waals surface area (Å²) < 4.78 is 26.6. The molecule has 0 aliphatic heterocycles. The van der Waals surface area contributed by atoms with Crippen LogP contribution in [0.25, 0.3) is 0 Å². The van der Waals surface area contributed by atoms with Crippen molar-refractivity contribution < 1.29 is 95.1 Å². The Morgan fingerprint density at radius 1 is 0.529 bits per heavy atom. The van der Waals surface area contributed by atoms with Gasteiger partial charge in [0.05, 0.1) is 0 Å². The smallest absolute Gasteiger partial charge is 1.00 e. The molecule has 0 unspecified atom stereocenters. The predicted octanol–water partition coefficient (Wildman–Crippen LogP) is -5.67. The number of hydrogen-bond donors (Lipinski definition) is 9. The maximum atomic E-state index is 8.88. The summed E-state index contributed by atoms with van der Waals surface area (Å²) in [6.45, 7) is 0. The summed E-state index contributed by atoms with van der Waals surface area (Å²) >= 11 is 0. The van der Waals surface area contributed by atoms with Crippen LogP contribution in [-0.2, 0) is 30.8 Å². The Bertz CT molecular complexity index is 213. The van der Waals surface area contributed by atoms with Crippen LogP contribution in [0.1, 0.15) is 1.43 Å². The third-order valence-electron chi connectivity index (χ3n) is 0. The second-order valence-corrected chi connectivity index (χ2v) is 4.62. The Morgan fingerprint density at radius 2 is 0.529 bits per heavy atom. The first-order chi connectivity index (χ1) is 6.00. The SMILES string of the molecule is O=P(O)(O)O.O=P(O)(O)O.O=P(O)(O)O.[Fe].[H-].[Li+]. The van der Waals surface area contributed by atoms with Crippen LogP contribution in [-0.4, -0.2) is 44.0 Å². The Morgan fingerprint density at radius 3 is 0.529 bits per heavy atom. The molecule has 0 amide bonds. The summed E-state index contributed by atoms with van der Waals surface area (Å²) in [4.78, 5) is 64.7. The van der Waals surface area contributed by atoms with Gasteiger partial charge in [-0.05, 0) is 0 Å². The standard InChI is InChI=1S/Fe.Li.3H3O4P.H/c;;3*1-5(2,3)4;/h;;3*(H3,1,2,3,4);/q;+1;;;;-1. The molecule has 17 heteroatoms. The molecule has 0 aliphatic rings. The fraction of sp³-hybridized carbons (Fsp3) is 0. The van der Waals surface area contributed by atoms with Crippen molar-refractivity contribution in [3.8, 4) is 0 Å². The summed E-state index contributed by atoms with van der Waals surface area (Å²) in [5.74, 6) is 0. The molecule has 106 valence electrons. The average molecular weight is 358 g/mol. The van der Waals surface area contributed by atoms with Gasteiger partial charge in [-0.25, -0.2) is 13.7 Å². The van der Waals surface area contributed by atoms with Crippen LogP contribution in [0.15, 0.2) is 0 Å². The molecule has 0 radical (unpaired) electrons. The van der Waals surface area contributed by atoms with Gasteiger partial charge in [0.2, 0.25) is 0 Å². The minimum atomic E-state index is -4.64. The first kappa shape index (κ1) is 31.1. The van der Waals surface area contributed by atoms with Crippen molar-refractivity contribution in [2.45, 2.75) is 0 Å². The van der Waals surface area contributed by atoms with E-state index in [0.29, 0.717) is 0 Å². The Kier molecular flexibility index (Phi) is 22.8. The average Bonchev–Trinajstić information content (AvgIpc) is 1.41. The summed E-state index contributed by atoms with van der Waals surface area (Å²) in [5, 5.41) is 0. The van der Waals surface area contributed by atoms with Crippen LogP contribution in [0.4, 0.5) is 0 Å². The van der Waals surface area contributed by atoms with E-state index in [1.807, 2.05) is 0 Å². The van der Waals surface area contributed by atoms with Crippen LogP contribution in [0.5, 0.6) is 0 Å². The minimum absolute atomic E-state index is 0. The zero-order valence-electron chi connectivity index (χ0n) is 8.94. The third kappa shape index (κ3) is 1990. The Balaban J connectivity index is -0.0000000277. The van der Waals surface area contributed by atoms with Crippen molar-refractivity contribution in [3.05, 3.63) is 0 Å². The molecule has 0 fully saturated rings. The van der Waals surface area contributed by atoms with Gasteiger partial charge >= 0.3 is 42.3 Å². The predicted molar refractivity (Wildman–Crippen MR) is 43.9 cm³/mol.